The van der Waals surface area contributed by atoms with Crippen LogP contribution in [-0.4, -0.2) is 37.8 Å². The number of anilines is 1. The first kappa shape index (κ1) is 20.2. The van der Waals surface area contributed by atoms with Gasteiger partial charge in [0.25, 0.3) is 0 Å². The van der Waals surface area contributed by atoms with Crippen LogP contribution in [0.3, 0.4) is 0 Å². The highest BCUT2D eigenvalue weighted by Gasteiger charge is 2.43. The summed E-state index contributed by atoms with van der Waals surface area (Å²) >= 11 is 0. The number of carboxylic acids is 1. The molecule has 0 spiro atoms. The molecule has 0 saturated heterocycles. The Labute approximate surface area is 148 Å². The lowest BCUT2D eigenvalue weighted by Crippen LogP contribution is -2.34. The van der Waals surface area contributed by atoms with Crippen molar-refractivity contribution in [1.82, 2.24) is 0 Å². The lowest BCUT2D eigenvalue weighted by atomic mass is 9.80. The molecule has 2 N–H and O–H groups in total. The molecule has 1 aliphatic rings. The van der Waals surface area contributed by atoms with Crippen molar-refractivity contribution in [3.63, 3.8) is 0 Å². The highest BCUT2D eigenvalue weighted by molar-refractivity contribution is 7.90. The van der Waals surface area contributed by atoms with E-state index in [-0.39, 0.29) is 41.8 Å². The zero-order chi connectivity index (χ0) is 19.7. The molecule has 1 aromatic rings. The Kier molecular flexibility index (Phi) is 5.64. The number of carboxylic acid groups (broad SMARTS) is 1. The molecule has 1 amide bonds. The molecule has 26 heavy (non-hydrogen) atoms. The van der Waals surface area contributed by atoms with Crippen LogP contribution >= 0.6 is 0 Å². The molecule has 144 valence electrons. The number of amides is 1. The van der Waals surface area contributed by atoms with Crippen molar-refractivity contribution in [2.24, 2.45) is 11.8 Å². The van der Waals surface area contributed by atoms with Crippen LogP contribution in [0, 0.1) is 11.8 Å². The summed E-state index contributed by atoms with van der Waals surface area (Å²) in [5, 5.41) is 11.4. The molecule has 2 rings (SSSR count). The van der Waals surface area contributed by atoms with Crippen LogP contribution in [0.15, 0.2) is 23.1 Å². The van der Waals surface area contributed by atoms with E-state index in [0.29, 0.717) is 0 Å². The molecule has 1 fully saturated rings. The van der Waals surface area contributed by atoms with E-state index in [1.807, 2.05) is 0 Å². The van der Waals surface area contributed by atoms with Crippen LogP contribution in [0.5, 0.6) is 0 Å². The molecule has 10 heteroatoms. The van der Waals surface area contributed by atoms with E-state index in [9.17, 15) is 31.2 Å². The summed E-state index contributed by atoms with van der Waals surface area (Å²) in [6.45, 7) is 0. The normalized spacial score (nSPS) is 21.2. The quantitative estimate of drug-likeness (QED) is 0.819. The number of rotatable bonds is 4. The van der Waals surface area contributed by atoms with Gasteiger partial charge in [0, 0.05) is 17.9 Å². The van der Waals surface area contributed by atoms with Gasteiger partial charge < -0.3 is 10.4 Å². The molecule has 0 bridgehead atoms. The Bertz CT molecular complexity index is 820. The third-order valence-corrected chi connectivity index (χ3v) is 5.45. The van der Waals surface area contributed by atoms with Crippen LogP contribution in [0.4, 0.5) is 18.9 Å². The number of benzene rings is 1. The maximum atomic E-state index is 12.9. The van der Waals surface area contributed by atoms with Crippen molar-refractivity contribution in [2.45, 2.75) is 36.8 Å². The Morgan fingerprint density at radius 2 is 1.85 bits per heavy atom. The van der Waals surface area contributed by atoms with Crippen molar-refractivity contribution in [3.8, 4) is 0 Å². The fourth-order valence-corrected chi connectivity index (χ4v) is 3.66. The number of halogens is 3. The Hall–Kier alpha value is -2.10. The summed E-state index contributed by atoms with van der Waals surface area (Å²) in [4.78, 5) is 23.1. The summed E-state index contributed by atoms with van der Waals surface area (Å²) < 4.78 is 61.9. The van der Waals surface area contributed by atoms with Crippen molar-refractivity contribution < 1.29 is 36.3 Å². The minimum atomic E-state index is -4.37. The second-order valence-corrected chi connectivity index (χ2v) is 8.43. The van der Waals surface area contributed by atoms with Crippen LogP contribution < -0.4 is 5.32 Å². The highest BCUT2D eigenvalue weighted by Crippen LogP contribution is 2.40. The summed E-state index contributed by atoms with van der Waals surface area (Å²) in [5.74, 6) is -4.49. The maximum Gasteiger partial charge on any atom is 0.391 e. The first-order chi connectivity index (χ1) is 11.9. The number of alkyl halides is 3. The number of sulfone groups is 1. The van der Waals surface area contributed by atoms with Crippen LogP contribution in [0.25, 0.3) is 0 Å². The monoisotopic (exact) mass is 393 g/mol. The lowest BCUT2D eigenvalue weighted by molar-refractivity contribution is -0.185. The number of nitrogens with one attached hydrogen (secondary N) is 1. The summed E-state index contributed by atoms with van der Waals surface area (Å²) in [5.41, 5.74) is -0.426. The average Bonchev–Trinajstić information content (AvgIpc) is 2.53. The zero-order valence-corrected chi connectivity index (χ0v) is 14.7. The van der Waals surface area contributed by atoms with Gasteiger partial charge in [0.05, 0.1) is 16.4 Å². The van der Waals surface area contributed by atoms with Crippen LogP contribution in [-0.2, 0) is 14.6 Å². The molecule has 1 aliphatic carbocycles. The van der Waals surface area contributed by atoms with Crippen LogP contribution in [0.2, 0.25) is 0 Å². The topological polar surface area (TPSA) is 101 Å². The molecular formula is C16H18F3NO5S. The van der Waals surface area contributed by atoms with Crippen LogP contribution in [0.1, 0.15) is 36.0 Å². The maximum absolute atomic E-state index is 12.9. The SMILES string of the molecule is CS(=O)(=O)c1cc(NC(=O)C2CCCC(C(F)(F)F)C2)cc(C(=O)O)c1. The number of hydrogen-bond acceptors (Lipinski definition) is 4. The molecule has 0 aliphatic heterocycles. The number of carbonyl (C=O) groups excluding carboxylic acids is 1. The first-order valence-electron chi connectivity index (χ1n) is 7.84. The molecule has 0 heterocycles. The third-order valence-electron chi connectivity index (χ3n) is 4.36. The van der Waals surface area contributed by atoms with Crippen molar-refractivity contribution >= 4 is 27.4 Å². The van der Waals surface area contributed by atoms with Gasteiger partial charge in [-0.15, -0.1) is 0 Å². The summed E-state index contributed by atoms with van der Waals surface area (Å²) in [7, 11) is -3.73. The molecule has 2 atom stereocenters. The fourth-order valence-electron chi connectivity index (χ4n) is 2.98. The van der Waals surface area contributed by atoms with Crippen molar-refractivity contribution in [3.05, 3.63) is 23.8 Å². The first-order valence-corrected chi connectivity index (χ1v) is 9.73. The predicted octanol–water partition coefficient (Wildman–Crippen LogP) is 3.10. The second-order valence-electron chi connectivity index (χ2n) is 6.41. The van der Waals surface area contributed by atoms with E-state index >= 15 is 0 Å². The van der Waals surface area contributed by atoms with Gasteiger partial charge >= 0.3 is 12.1 Å². The minimum Gasteiger partial charge on any atom is -0.478 e. The smallest absolute Gasteiger partial charge is 0.391 e. The molecule has 6 nitrogen and oxygen atoms in total. The van der Waals surface area contributed by atoms with Gasteiger partial charge in [-0.3, -0.25) is 4.79 Å². The number of carbonyl (C=O) groups is 2. The van der Waals surface area contributed by atoms with E-state index in [4.69, 9.17) is 5.11 Å². The molecular weight excluding hydrogens is 375 g/mol. The van der Waals surface area contributed by atoms with Gasteiger partial charge in [0.2, 0.25) is 5.91 Å². The van der Waals surface area contributed by atoms with E-state index < -0.39 is 39.7 Å². The average molecular weight is 393 g/mol. The van der Waals surface area contributed by atoms with Gasteiger partial charge in [0.15, 0.2) is 9.84 Å². The van der Waals surface area contributed by atoms with Gasteiger partial charge in [-0.25, -0.2) is 13.2 Å². The van der Waals surface area contributed by atoms with Crippen molar-refractivity contribution in [1.29, 1.82) is 0 Å². The van der Waals surface area contributed by atoms with E-state index in [0.717, 1.165) is 24.5 Å². The molecule has 0 radical (unpaired) electrons. The number of aromatic carboxylic acids is 1. The van der Waals surface area contributed by atoms with Gasteiger partial charge in [0.1, 0.15) is 0 Å². The Balaban J connectivity index is 2.23. The Morgan fingerprint density at radius 1 is 1.19 bits per heavy atom. The Morgan fingerprint density at radius 3 is 2.38 bits per heavy atom. The van der Waals surface area contributed by atoms with E-state index in [1.165, 1.54) is 0 Å². The third kappa shape index (κ3) is 4.96. The van der Waals surface area contributed by atoms with E-state index in [1.54, 1.807) is 0 Å². The van der Waals surface area contributed by atoms with Gasteiger partial charge in [-0.2, -0.15) is 13.2 Å². The minimum absolute atomic E-state index is 0.0278. The fraction of sp³-hybridized carbons (Fsp3) is 0.500. The second kappa shape index (κ2) is 7.26. The summed E-state index contributed by atoms with van der Waals surface area (Å²) in [6, 6.07) is 3.11. The largest absolute Gasteiger partial charge is 0.478 e. The predicted molar refractivity (Wildman–Crippen MR) is 86.6 cm³/mol. The number of hydrogen-bond donors (Lipinski definition) is 2. The van der Waals surface area contributed by atoms with E-state index in [2.05, 4.69) is 5.32 Å². The zero-order valence-electron chi connectivity index (χ0n) is 13.8. The standard InChI is InChI=1S/C16H18F3NO5S/c1-26(24,25)13-7-10(15(22)23)6-12(8-13)20-14(21)9-3-2-4-11(5-9)16(17,18)19/h6-9,11H,2-5H2,1H3,(H,20,21)(H,22,23). The van der Waals surface area contributed by atoms with Gasteiger partial charge in [-0.05, 0) is 37.5 Å². The van der Waals surface area contributed by atoms with Gasteiger partial charge in [-0.1, -0.05) is 6.42 Å². The van der Waals surface area contributed by atoms with Crippen molar-refractivity contribution in [2.75, 3.05) is 11.6 Å². The molecule has 1 saturated carbocycles. The molecule has 2 unspecified atom stereocenters. The lowest BCUT2D eigenvalue weighted by Gasteiger charge is -2.29. The molecule has 1 aromatic carbocycles. The molecule has 0 aromatic heterocycles. The summed E-state index contributed by atoms with van der Waals surface area (Å²) in [6.07, 6.45) is -3.31. The highest BCUT2D eigenvalue weighted by atomic mass is 32.2.